The van der Waals surface area contributed by atoms with Crippen LogP contribution >= 0.6 is 0 Å². The minimum atomic E-state index is -4.37. The van der Waals surface area contributed by atoms with Crippen molar-refractivity contribution in [1.29, 1.82) is 0 Å². The summed E-state index contributed by atoms with van der Waals surface area (Å²) in [5.41, 5.74) is 0.841. The molecule has 0 aliphatic rings. The van der Waals surface area contributed by atoms with Gasteiger partial charge in [-0.25, -0.2) is 0 Å². The van der Waals surface area contributed by atoms with Crippen LogP contribution in [-0.2, 0) is 12.7 Å². The van der Waals surface area contributed by atoms with Crippen LogP contribution in [0.15, 0.2) is 47.4 Å². The van der Waals surface area contributed by atoms with Gasteiger partial charge in [0, 0.05) is 12.7 Å². The highest BCUT2D eigenvalue weighted by Gasteiger charge is 2.30. The summed E-state index contributed by atoms with van der Waals surface area (Å²) in [5.74, 6) is 0. The van der Waals surface area contributed by atoms with Crippen molar-refractivity contribution in [3.63, 3.8) is 0 Å². The molecule has 1 aromatic carbocycles. The van der Waals surface area contributed by atoms with Crippen LogP contribution in [0, 0.1) is 0 Å². The molecule has 0 saturated carbocycles. The predicted octanol–water partition coefficient (Wildman–Crippen LogP) is 4.04. The van der Waals surface area contributed by atoms with Gasteiger partial charge < -0.3 is 9.55 Å². The molecule has 6 heteroatoms. The Morgan fingerprint density at radius 1 is 1.14 bits per heavy atom. The lowest BCUT2D eigenvalue weighted by molar-refractivity contribution is -0.137. The third-order valence-electron chi connectivity index (χ3n) is 3.64. The highest BCUT2D eigenvalue weighted by Crippen LogP contribution is 2.30. The summed E-state index contributed by atoms with van der Waals surface area (Å²) >= 11 is 0. The maximum absolute atomic E-state index is 12.6. The molecule has 0 saturated heterocycles. The quantitative estimate of drug-likeness (QED) is 0.762. The first-order chi connectivity index (χ1) is 10.4. The molecule has 2 aromatic heterocycles. The molecular formula is C16H13F3N2O. The standard InChI is InChI=1S/C16H13F3N2O/c1-2-21-8-7-12-14(21)9-13(20-15(12)22)10-3-5-11(6-4-10)16(17,18)19/h3-9H,2H2,1H3,(H,20,22). The zero-order valence-corrected chi connectivity index (χ0v) is 11.7. The van der Waals surface area contributed by atoms with E-state index in [0.29, 0.717) is 23.2 Å². The number of hydrogen-bond donors (Lipinski definition) is 1. The van der Waals surface area contributed by atoms with Gasteiger partial charge >= 0.3 is 6.18 Å². The molecule has 0 bridgehead atoms. The van der Waals surface area contributed by atoms with Crippen LogP contribution in [0.4, 0.5) is 13.2 Å². The number of fused-ring (bicyclic) bond motifs is 1. The molecule has 2 heterocycles. The first kappa shape index (κ1) is 14.4. The first-order valence-corrected chi connectivity index (χ1v) is 6.80. The molecule has 3 nitrogen and oxygen atoms in total. The predicted molar refractivity (Wildman–Crippen MR) is 78.7 cm³/mol. The summed E-state index contributed by atoms with van der Waals surface area (Å²) in [5, 5.41) is 0.567. The molecule has 0 spiro atoms. The average molecular weight is 306 g/mol. The monoisotopic (exact) mass is 306 g/mol. The van der Waals surface area contributed by atoms with Crippen molar-refractivity contribution in [2.24, 2.45) is 0 Å². The lowest BCUT2D eigenvalue weighted by Crippen LogP contribution is -2.08. The van der Waals surface area contributed by atoms with Crippen molar-refractivity contribution >= 4 is 10.9 Å². The second kappa shape index (κ2) is 5.05. The number of nitrogens with zero attached hydrogens (tertiary/aromatic N) is 1. The summed E-state index contributed by atoms with van der Waals surface area (Å²) < 4.78 is 39.7. The van der Waals surface area contributed by atoms with E-state index in [1.807, 2.05) is 17.7 Å². The van der Waals surface area contributed by atoms with Gasteiger partial charge in [-0.2, -0.15) is 13.2 Å². The van der Waals surface area contributed by atoms with Crippen molar-refractivity contribution < 1.29 is 13.2 Å². The normalized spacial score (nSPS) is 12.0. The second-order valence-corrected chi connectivity index (χ2v) is 4.99. The second-order valence-electron chi connectivity index (χ2n) is 4.99. The zero-order valence-electron chi connectivity index (χ0n) is 11.7. The van der Waals surface area contributed by atoms with Gasteiger partial charge in [0.25, 0.3) is 5.56 Å². The van der Waals surface area contributed by atoms with E-state index in [4.69, 9.17) is 0 Å². The van der Waals surface area contributed by atoms with Gasteiger partial charge in [-0.05, 0) is 36.8 Å². The van der Waals surface area contributed by atoms with E-state index >= 15 is 0 Å². The number of aryl methyl sites for hydroxylation is 1. The van der Waals surface area contributed by atoms with Crippen molar-refractivity contribution in [2.75, 3.05) is 0 Å². The lowest BCUT2D eigenvalue weighted by Gasteiger charge is -2.08. The molecule has 114 valence electrons. The molecule has 0 fully saturated rings. The molecule has 0 amide bonds. The van der Waals surface area contributed by atoms with Crippen molar-refractivity contribution in [2.45, 2.75) is 19.6 Å². The Bertz CT molecular complexity index is 873. The van der Waals surface area contributed by atoms with E-state index in [1.165, 1.54) is 12.1 Å². The molecule has 3 rings (SSSR count). The van der Waals surface area contributed by atoms with E-state index in [9.17, 15) is 18.0 Å². The highest BCUT2D eigenvalue weighted by molar-refractivity contribution is 5.83. The van der Waals surface area contributed by atoms with E-state index in [-0.39, 0.29) is 5.56 Å². The Kier molecular flexibility index (Phi) is 3.31. The Labute approximate surface area is 124 Å². The van der Waals surface area contributed by atoms with Gasteiger partial charge in [-0.3, -0.25) is 4.79 Å². The van der Waals surface area contributed by atoms with Crippen LogP contribution in [0.5, 0.6) is 0 Å². The Hall–Kier alpha value is -2.50. The van der Waals surface area contributed by atoms with Gasteiger partial charge in [0.2, 0.25) is 0 Å². The van der Waals surface area contributed by atoms with Crippen LogP contribution in [-0.4, -0.2) is 9.55 Å². The fourth-order valence-electron chi connectivity index (χ4n) is 2.47. The summed E-state index contributed by atoms with van der Waals surface area (Å²) in [6, 6.07) is 8.25. The molecule has 3 aromatic rings. The number of pyridine rings is 1. The summed E-state index contributed by atoms with van der Waals surface area (Å²) in [6.45, 7) is 2.66. The average Bonchev–Trinajstić information content (AvgIpc) is 2.90. The smallest absolute Gasteiger partial charge is 0.348 e. The topological polar surface area (TPSA) is 37.8 Å². The molecule has 0 unspecified atom stereocenters. The first-order valence-electron chi connectivity index (χ1n) is 6.80. The molecule has 22 heavy (non-hydrogen) atoms. The fourth-order valence-corrected chi connectivity index (χ4v) is 2.47. The van der Waals surface area contributed by atoms with E-state index in [0.717, 1.165) is 17.6 Å². The highest BCUT2D eigenvalue weighted by atomic mass is 19.4. The van der Waals surface area contributed by atoms with Crippen molar-refractivity contribution in [1.82, 2.24) is 9.55 Å². The number of rotatable bonds is 2. The minimum Gasteiger partial charge on any atom is -0.348 e. The van der Waals surface area contributed by atoms with Gasteiger partial charge in [-0.15, -0.1) is 0 Å². The summed E-state index contributed by atoms with van der Waals surface area (Å²) in [6.07, 6.45) is -2.55. The molecule has 0 atom stereocenters. The number of nitrogens with one attached hydrogen (secondary N) is 1. The maximum Gasteiger partial charge on any atom is 0.416 e. The largest absolute Gasteiger partial charge is 0.416 e. The SMILES string of the molecule is CCn1ccc2c(=O)[nH]c(-c3ccc(C(F)(F)F)cc3)cc21. The summed E-state index contributed by atoms with van der Waals surface area (Å²) in [4.78, 5) is 14.8. The summed E-state index contributed by atoms with van der Waals surface area (Å²) in [7, 11) is 0. The minimum absolute atomic E-state index is 0.250. The lowest BCUT2D eigenvalue weighted by atomic mass is 10.1. The zero-order chi connectivity index (χ0) is 15.9. The van der Waals surface area contributed by atoms with Crippen LogP contribution in [0.2, 0.25) is 0 Å². The van der Waals surface area contributed by atoms with E-state index < -0.39 is 11.7 Å². The number of alkyl halides is 3. The van der Waals surface area contributed by atoms with Gasteiger partial charge in [0.15, 0.2) is 0 Å². The Balaban J connectivity index is 2.12. The van der Waals surface area contributed by atoms with Gasteiger partial charge in [0.1, 0.15) is 0 Å². The third kappa shape index (κ3) is 2.41. The number of halogens is 3. The van der Waals surface area contributed by atoms with Crippen molar-refractivity contribution in [3.8, 4) is 11.3 Å². The number of aromatic nitrogens is 2. The number of H-pyrrole nitrogens is 1. The Morgan fingerprint density at radius 3 is 2.41 bits per heavy atom. The molecular weight excluding hydrogens is 293 g/mol. The van der Waals surface area contributed by atoms with Crippen LogP contribution in [0.25, 0.3) is 22.2 Å². The van der Waals surface area contributed by atoms with Crippen LogP contribution in [0.3, 0.4) is 0 Å². The number of benzene rings is 1. The van der Waals surface area contributed by atoms with E-state index in [2.05, 4.69) is 4.98 Å². The number of hydrogen-bond acceptors (Lipinski definition) is 1. The van der Waals surface area contributed by atoms with E-state index in [1.54, 1.807) is 12.1 Å². The molecule has 0 aliphatic heterocycles. The van der Waals surface area contributed by atoms with Gasteiger partial charge in [0.05, 0.1) is 22.2 Å². The van der Waals surface area contributed by atoms with Crippen LogP contribution in [0.1, 0.15) is 12.5 Å². The molecule has 0 aliphatic carbocycles. The Morgan fingerprint density at radius 2 is 1.82 bits per heavy atom. The fraction of sp³-hybridized carbons (Fsp3) is 0.188. The maximum atomic E-state index is 12.6. The third-order valence-corrected chi connectivity index (χ3v) is 3.64. The van der Waals surface area contributed by atoms with Gasteiger partial charge in [-0.1, -0.05) is 12.1 Å². The number of aromatic amines is 1. The van der Waals surface area contributed by atoms with Crippen LogP contribution < -0.4 is 5.56 Å². The molecule has 0 radical (unpaired) electrons. The molecule has 1 N–H and O–H groups in total. The van der Waals surface area contributed by atoms with Crippen molar-refractivity contribution in [3.05, 3.63) is 58.5 Å².